The number of carbonyl (C=O) groups is 1. The molecule has 0 saturated heterocycles. The molecular formula is C10H9NaO3. The molecule has 0 saturated carbocycles. The topological polar surface area (TPSA) is 49.4 Å². The second kappa shape index (κ2) is 6.65. The van der Waals surface area contributed by atoms with Crippen molar-refractivity contribution in [2.24, 2.45) is 0 Å². The molecule has 0 atom stereocenters. The Morgan fingerprint density at radius 1 is 1.43 bits per heavy atom. The SMILES string of the molecule is COc1ccccc1/C=C/C(=O)[O-].[Na+]. The molecule has 1 rings (SSSR count). The van der Waals surface area contributed by atoms with Crippen molar-refractivity contribution in [1.82, 2.24) is 0 Å². The van der Waals surface area contributed by atoms with Gasteiger partial charge < -0.3 is 14.6 Å². The van der Waals surface area contributed by atoms with E-state index in [1.807, 2.05) is 6.07 Å². The molecule has 1 aromatic rings. The van der Waals surface area contributed by atoms with Crippen LogP contribution in [0.15, 0.2) is 30.3 Å². The maximum absolute atomic E-state index is 10.1. The number of para-hydroxylation sites is 1. The average Bonchev–Trinajstić information content (AvgIpc) is 2.15. The molecule has 68 valence electrons. The molecule has 0 aliphatic rings. The van der Waals surface area contributed by atoms with E-state index in [1.54, 1.807) is 18.2 Å². The van der Waals surface area contributed by atoms with Crippen LogP contribution in [0.3, 0.4) is 0 Å². The van der Waals surface area contributed by atoms with Crippen molar-refractivity contribution in [3.8, 4) is 5.75 Å². The molecular weight excluding hydrogens is 191 g/mol. The van der Waals surface area contributed by atoms with E-state index in [0.717, 1.165) is 6.08 Å². The first-order valence-corrected chi connectivity index (χ1v) is 3.76. The first kappa shape index (κ1) is 13.2. The quantitative estimate of drug-likeness (QED) is 0.399. The number of hydrogen-bond acceptors (Lipinski definition) is 3. The summed E-state index contributed by atoms with van der Waals surface area (Å²) in [7, 11) is 1.53. The van der Waals surface area contributed by atoms with Gasteiger partial charge in [-0.1, -0.05) is 18.2 Å². The summed E-state index contributed by atoms with van der Waals surface area (Å²) in [5.74, 6) is -0.578. The summed E-state index contributed by atoms with van der Waals surface area (Å²) in [5.41, 5.74) is 0.717. The number of methoxy groups -OCH3 is 1. The van der Waals surface area contributed by atoms with Crippen LogP contribution in [0.5, 0.6) is 5.75 Å². The Labute approximate surface area is 105 Å². The summed E-state index contributed by atoms with van der Waals surface area (Å²) in [6.07, 6.45) is 2.41. The predicted molar refractivity (Wildman–Crippen MR) is 47.0 cm³/mol. The fourth-order valence-electron chi connectivity index (χ4n) is 0.962. The summed E-state index contributed by atoms with van der Waals surface area (Å²) in [6, 6.07) is 7.14. The van der Waals surface area contributed by atoms with Crippen molar-refractivity contribution in [3.05, 3.63) is 35.9 Å². The van der Waals surface area contributed by atoms with Gasteiger partial charge in [0, 0.05) is 5.56 Å². The number of aliphatic carboxylic acids is 1. The third-order valence-electron chi connectivity index (χ3n) is 1.54. The minimum absolute atomic E-state index is 0. The van der Waals surface area contributed by atoms with Crippen molar-refractivity contribution in [2.45, 2.75) is 0 Å². The zero-order chi connectivity index (χ0) is 9.68. The van der Waals surface area contributed by atoms with Gasteiger partial charge in [0.15, 0.2) is 0 Å². The van der Waals surface area contributed by atoms with Gasteiger partial charge in [0.1, 0.15) is 5.75 Å². The Hall–Kier alpha value is -0.770. The van der Waals surface area contributed by atoms with Crippen LogP contribution >= 0.6 is 0 Å². The molecule has 0 aliphatic carbocycles. The third-order valence-corrected chi connectivity index (χ3v) is 1.54. The molecule has 0 heterocycles. The molecule has 0 radical (unpaired) electrons. The maximum Gasteiger partial charge on any atom is 1.00 e. The van der Waals surface area contributed by atoms with E-state index >= 15 is 0 Å². The number of rotatable bonds is 3. The van der Waals surface area contributed by atoms with Gasteiger partial charge >= 0.3 is 29.6 Å². The first-order chi connectivity index (χ1) is 6.24. The van der Waals surface area contributed by atoms with Gasteiger partial charge in [-0.15, -0.1) is 0 Å². The summed E-state index contributed by atoms with van der Waals surface area (Å²) >= 11 is 0. The zero-order valence-corrected chi connectivity index (χ0v) is 10.2. The van der Waals surface area contributed by atoms with Crippen molar-refractivity contribution in [3.63, 3.8) is 0 Å². The van der Waals surface area contributed by atoms with E-state index in [2.05, 4.69) is 0 Å². The molecule has 0 bridgehead atoms. The molecule has 0 N–H and O–H groups in total. The second-order valence-electron chi connectivity index (χ2n) is 2.39. The van der Waals surface area contributed by atoms with Crippen LogP contribution in [-0.2, 0) is 4.79 Å². The molecule has 1 aromatic carbocycles. The molecule has 0 aromatic heterocycles. The number of carboxylic acids is 1. The Bertz CT molecular complexity index is 334. The van der Waals surface area contributed by atoms with E-state index in [4.69, 9.17) is 4.74 Å². The standard InChI is InChI=1S/C10H10O3.Na/c1-13-9-5-3-2-4-8(9)6-7-10(11)12;/h2-7H,1H3,(H,11,12);/q;+1/p-1/b7-6+;. The average molecular weight is 200 g/mol. The minimum Gasteiger partial charge on any atom is -0.545 e. The first-order valence-electron chi connectivity index (χ1n) is 3.76. The Morgan fingerprint density at radius 3 is 2.64 bits per heavy atom. The predicted octanol–water partition coefficient (Wildman–Crippen LogP) is -2.54. The number of carboxylic acid groups (broad SMARTS) is 1. The van der Waals surface area contributed by atoms with Crippen molar-refractivity contribution < 1.29 is 44.2 Å². The van der Waals surface area contributed by atoms with E-state index in [-0.39, 0.29) is 29.6 Å². The number of benzene rings is 1. The van der Waals surface area contributed by atoms with Crippen LogP contribution in [0.1, 0.15) is 5.56 Å². The normalized spacial score (nSPS) is 9.50. The molecule has 0 fully saturated rings. The number of hydrogen-bond donors (Lipinski definition) is 0. The second-order valence-corrected chi connectivity index (χ2v) is 2.39. The van der Waals surface area contributed by atoms with Crippen molar-refractivity contribution in [2.75, 3.05) is 7.11 Å². The van der Waals surface area contributed by atoms with Gasteiger partial charge in [-0.2, -0.15) is 0 Å². The van der Waals surface area contributed by atoms with Gasteiger partial charge in [-0.3, -0.25) is 0 Å². The monoisotopic (exact) mass is 200 g/mol. The van der Waals surface area contributed by atoms with Gasteiger partial charge in [0.05, 0.1) is 13.1 Å². The van der Waals surface area contributed by atoms with Crippen LogP contribution in [-0.4, -0.2) is 13.1 Å². The number of carbonyl (C=O) groups excluding carboxylic acids is 1. The van der Waals surface area contributed by atoms with E-state index in [1.165, 1.54) is 13.2 Å². The van der Waals surface area contributed by atoms with Gasteiger partial charge in [0.25, 0.3) is 0 Å². The smallest absolute Gasteiger partial charge is 0.545 e. The summed E-state index contributed by atoms with van der Waals surface area (Å²) in [6.45, 7) is 0. The van der Waals surface area contributed by atoms with Gasteiger partial charge in [0.2, 0.25) is 0 Å². The van der Waals surface area contributed by atoms with Crippen LogP contribution < -0.4 is 39.4 Å². The van der Waals surface area contributed by atoms with E-state index in [9.17, 15) is 9.90 Å². The summed E-state index contributed by atoms with van der Waals surface area (Å²) in [5, 5.41) is 10.1. The fourth-order valence-corrected chi connectivity index (χ4v) is 0.962. The van der Waals surface area contributed by atoms with Crippen molar-refractivity contribution in [1.29, 1.82) is 0 Å². The molecule has 3 nitrogen and oxygen atoms in total. The Kier molecular flexibility index (Phi) is 6.28. The summed E-state index contributed by atoms with van der Waals surface area (Å²) < 4.78 is 5.01. The molecule has 0 unspecified atom stereocenters. The molecule has 0 spiro atoms. The van der Waals surface area contributed by atoms with Crippen LogP contribution in [0.2, 0.25) is 0 Å². The largest absolute Gasteiger partial charge is 1.00 e. The molecule has 0 amide bonds. The van der Waals surface area contributed by atoms with E-state index < -0.39 is 5.97 Å². The van der Waals surface area contributed by atoms with Gasteiger partial charge in [-0.25, -0.2) is 0 Å². The van der Waals surface area contributed by atoms with Crippen LogP contribution in [0.4, 0.5) is 0 Å². The fraction of sp³-hybridized carbons (Fsp3) is 0.100. The molecule has 4 heteroatoms. The summed E-state index contributed by atoms with van der Waals surface area (Å²) in [4.78, 5) is 10.1. The maximum atomic E-state index is 10.1. The Morgan fingerprint density at radius 2 is 2.07 bits per heavy atom. The molecule has 14 heavy (non-hydrogen) atoms. The van der Waals surface area contributed by atoms with E-state index in [0.29, 0.717) is 11.3 Å². The third kappa shape index (κ3) is 3.96. The van der Waals surface area contributed by atoms with Crippen LogP contribution in [0.25, 0.3) is 6.08 Å². The number of ether oxygens (including phenoxy) is 1. The van der Waals surface area contributed by atoms with Crippen molar-refractivity contribution >= 4 is 12.0 Å². The Balaban J connectivity index is 0.00000169. The van der Waals surface area contributed by atoms with Crippen LogP contribution in [0, 0.1) is 0 Å². The minimum atomic E-state index is -1.22. The molecule has 0 aliphatic heterocycles. The van der Waals surface area contributed by atoms with Gasteiger partial charge in [-0.05, 0) is 18.2 Å². The zero-order valence-electron chi connectivity index (χ0n) is 8.19.